The highest BCUT2D eigenvalue weighted by Gasteiger charge is 2.25. The van der Waals surface area contributed by atoms with Gasteiger partial charge >= 0.3 is 0 Å². The normalized spacial score (nSPS) is 21.5. The second-order valence-corrected chi connectivity index (χ2v) is 9.15. The minimum Gasteiger partial charge on any atom is -0.468 e. The Morgan fingerprint density at radius 1 is 1.06 bits per heavy atom. The minimum absolute atomic E-state index is 0.254. The van der Waals surface area contributed by atoms with Crippen LogP contribution in [0.4, 0.5) is 0 Å². The van der Waals surface area contributed by atoms with E-state index in [1.807, 2.05) is 13.1 Å². The molecular formula is C26H39N5O. The van der Waals surface area contributed by atoms with Crippen LogP contribution in [0.15, 0.2) is 58.1 Å². The average Bonchev–Trinajstić information content (AvgIpc) is 3.54. The lowest BCUT2D eigenvalue weighted by molar-refractivity contribution is 0.146. The van der Waals surface area contributed by atoms with Crippen molar-refractivity contribution in [3.63, 3.8) is 0 Å². The van der Waals surface area contributed by atoms with Gasteiger partial charge in [0.1, 0.15) is 5.76 Å². The molecule has 2 N–H and O–H groups in total. The fraction of sp³-hybridized carbons (Fsp3) is 0.577. The summed E-state index contributed by atoms with van der Waals surface area (Å²) in [5.74, 6) is 2.60. The van der Waals surface area contributed by atoms with Crippen LogP contribution in [0, 0.1) is 5.92 Å². The van der Waals surface area contributed by atoms with Gasteiger partial charge in [-0.25, -0.2) is 0 Å². The largest absolute Gasteiger partial charge is 0.468 e. The standard InChI is InChI=1S/C26H39N5O/c1-27-26(29-20-24(25-11-8-18-32-25)31-14-6-3-7-15-31)28-19-23-13-17-30(21-23)16-12-22-9-4-2-5-10-22/h2,4-5,8-11,18,23-24H,3,6-7,12-17,19-21H2,1H3,(H2,27,28,29). The van der Waals surface area contributed by atoms with E-state index < -0.39 is 0 Å². The van der Waals surface area contributed by atoms with E-state index in [-0.39, 0.29) is 6.04 Å². The molecule has 2 aromatic rings. The Bertz CT molecular complexity index is 801. The van der Waals surface area contributed by atoms with Crippen LogP contribution >= 0.6 is 0 Å². The molecule has 2 aliphatic rings. The molecule has 2 unspecified atom stereocenters. The van der Waals surface area contributed by atoms with Crippen molar-refractivity contribution in [2.45, 2.75) is 38.1 Å². The summed E-state index contributed by atoms with van der Waals surface area (Å²) < 4.78 is 5.78. The monoisotopic (exact) mass is 437 g/mol. The molecule has 0 radical (unpaired) electrons. The highest BCUT2D eigenvalue weighted by molar-refractivity contribution is 5.79. The number of nitrogens with one attached hydrogen (secondary N) is 2. The van der Waals surface area contributed by atoms with E-state index in [4.69, 9.17) is 4.42 Å². The average molecular weight is 438 g/mol. The summed E-state index contributed by atoms with van der Waals surface area (Å²) in [7, 11) is 1.86. The minimum atomic E-state index is 0.254. The maximum absolute atomic E-state index is 5.78. The van der Waals surface area contributed by atoms with Crippen LogP contribution in [0.25, 0.3) is 0 Å². The van der Waals surface area contributed by atoms with E-state index in [1.54, 1.807) is 6.26 Å². The van der Waals surface area contributed by atoms with Crippen molar-refractivity contribution in [2.24, 2.45) is 10.9 Å². The van der Waals surface area contributed by atoms with Crippen LogP contribution in [-0.4, -0.2) is 68.6 Å². The number of aliphatic imine (C=N–C) groups is 1. The van der Waals surface area contributed by atoms with Crippen LogP contribution in [0.2, 0.25) is 0 Å². The first kappa shape index (κ1) is 22.9. The molecule has 4 rings (SSSR count). The van der Waals surface area contributed by atoms with Gasteiger partial charge < -0.3 is 20.0 Å². The number of nitrogens with zero attached hydrogens (tertiary/aromatic N) is 3. The first-order valence-corrected chi connectivity index (χ1v) is 12.3. The Morgan fingerprint density at radius 3 is 2.66 bits per heavy atom. The first-order chi connectivity index (χ1) is 15.8. The molecule has 6 heteroatoms. The Morgan fingerprint density at radius 2 is 1.91 bits per heavy atom. The molecule has 0 spiro atoms. The summed E-state index contributed by atoms with van der Waals surface area (Å²) in [4.78, 5) is 9.62. The van der Waals surface area contributed by atoms with Gasteiger partial charge in [0.2, 0.25) is 0 Å². The molecule has 3 heterocycles. The number of piperidine rings is 1. The van der Waals surface area contributed by atoms with Gasteiger partial charge in [0.25, 0.3) is 0 Å². The lowest BCUT2D eigenvalue weighted by Crippen LogP contribution is -2.45. The maximum Gasteiger partial charge on any atom is 0.191 e. The molecule has 6 nitrogen and oxygen atoms in total. The van der Waals surface area contributed by atoms with Gasteiger partial charge in [0.15, 0.2) is 5.96 Å². The highest BCUT2D eigenvalue weighted by Crippen LogP contribution is 2.24. The number of likely N-dealkylation sites (tertiary alicyclic amines) is 2. The molecule has 0 bridgehead atoms. The summed E-state index contributed by atoms with van der Waals surface area (Å²) in [5.41, 5.74) is 1.43. The number of hydrogen-bond acceptors (Lipinski definition) is 4. The summed E-state index contributed by atoms with van der Waals surface area (Å²) in [6, 6.07) is 15.1. The Kier molecular flexibility index (Phi) is 8.63. The third-order valence-corrected chi connectivity index (χ3v) is 6.88. The number of benzene rings is 1. The van der Waals surface area contributed by atoms with Crippen molar-refractivity contribution in [3.05, 3.63) is 60.1 Å². The van der Waals surface area contributed by atoms with E-state index in [1.165, 1.54) is 44.3 Å². The third-order valence-electron chi connectivity index (χ3n) is 6.88. The van der Waals surface area contributed by atoms with Crippen molar-refractivity contribution in [1.29, 1.82) is 0 Å². The number of furan rings is 1. The van der Waals surface area contributed by atoms with E-state index in [2.05, 4.69) is 61.8 Å². The summed E-state index contributed by atoms with van der Waals surface area (Å²) >= 11 is 0. The SMILES string of the molecule is CN=C(NCC1CCN(CCc2ccccc2)C1)NCC(c1ccco1)N1CCCCC1. The van der Waals surface area contributed by atoms with Crippen LogP contribution in [0.1, 0.15) is 43.0 Å². The molecule has 2 fully saturated rings. The van der Waals surface area contributed by atoms with Crippen molar-refractivity contribution >= 4 is 5.96 Å². The van der Waals surface area contributed by atoms with E-state index in [0.29, 0.717) is 5.92 Å². The van der Waals surface area contributed by atoms with Crippen molar-refractivity contribution < 1.29 is 4.42 Å². The summed E-state index contributed by atoms with van der Waals surface area (Å²) in [6.45, 7) is 7.56. The fourth-order valence-electron chi connectivity index (χ4n) is 4.99. The predicted molar refractivity (Wildman–Crippen MR) is 131 cm³/mol. The van der Waals surface area contributed by atoms with E-state index >= 15 is 0 Å². The molecule has 1 aromatic carbocycles. The van der Waals surface area contributed by atoms with Gasteiger partial charge in [-0.05, 0) is 68.9 Å². The molecule has 0 aliphatic carbocycles. The molecule has 2 atom stereocenters. The lowest BCUT2D eigenvalue weighted by atomic mass is 10.1. The van der Waals surface area contributed by atoms with Crippen LogP contribution < -0.4 is 10.6 Å². The quantitative estimate of drug-likeness (QED) is 0.464. The van der Waals surface area contributed by atoms with Gasteiger partial charge in [-0.15, -0.1) is 0 Å². The maximum atomic E-state index is 5.78. The Balaban J connectivity index is 1.20. The topological polar surface area (TPSA) is 56.0 Å². The third kappa shape index (κ3) is 6.59. The zero-order valence-corrected chi connectivity index (χ0v) is 19.5. The number of rotatable bonds is 9. The molecule has 0 saturated carbocycles. The zero-order chi connectivity index (χ0) is 22.0. The van der Waals surface area contributed by atoms with Crippen LogP contribution in [0.3, 0.4) is 0 Å². The fourth-order valence-corrected chi connectivity index (χ4v) is 4.99. The lowest BCUT2D eigenvalue weighted by Gasteiger charge is -2.33. The Hall–Kier alpha value is -2.31. The zero-order valence-electron chi connectivity index (χ0n) is 19.5. The Labute approximate surface area is 193 Å². The molecule has 2 saturated heterocycles. The van der Waals surface area contributed by atoms with Gasteiger partial charge in [-0.3, -0.25) is 9.89 Å². The van der Waals surface area contributed by atoms with Gasteiger partial charge in [0, 0.05) is 33.2 Å². The highest BCUT2D eigenvalue weighted by atomic mass is 16.3. The molecule has 2 aliphatic heterocycles. The number of hydrogen-bond donors (Lipinski definition) is 2. The predicted octanol–water partition coefficient (Wildman–Crippen LogP) is 3.54. The second-order valence-electron chi connectivity index (χ2n) is 9.15. The van der Waals surface area contributed by atoms with Crippen LogP contribution in [-0.2, 0) is 6.42 Å². The van der Waals surface area contributed by atoms with E-state index in [9.17, 15) is 0 Å². The molecule has 32 heavy (non-hydrogen) atoms. The van der Waals surface area contributed by atoms with Gasteiger partial charge in [0.05, 0.1) is 12.3 Å². The van der Waals surface area contributed by atoms with E-state index in [0.717, 1.165) is 50.9 Å². The molecule has 1 aromatic heterocycles. The van der Waals surface area contributed by atoms with Gasteiger partial charge in [-0.1, -0.05) is 36.8 Å². The number of guanidine groups is 1. The van der Waals surface area contributed by atoms with Crippen molar-refractivity contribution in [3.8, 4) is 0 Å². The second kappa shape index (κ2) is 12.1. The smallest absolute Gasteiger partial charge is 0.191 e. The van der Waals surface area contributed by atoms with Crippen molar-refractivity contribution in [2.75, 3.05) is 52.9 Å². The first-order valence-electron chi connectivity index (χ1n) is 12.3. The van der Waals surface area contributed by atoms with Crippen LogP contribution in [0.5, 0.6) is 0 Å². The molecular weight excluding hydrogens is 398 g/mol. The molecule has 0 amide bonds. The van der Waals surface area contributed by atoms with Gasteiger partial charge in [-0.2, -0.15) is 0 Å². The molecule has 174 valence electrons. The van der Waals surface area contributed by atoms with Crippen molar-refractivity contribution in [1.82, 2.24) is 20.4 Å². The summed E-state index contributed by atoms with van der Waals surface area (Å²) in [6.07, 6.45) is 8.04. The summed E-state index contributed by atoms with van der Waals surface area (Å²) in [5, 5.41) is 7.13.